The number of amides is 2. The van der Waals surface area contributed by atoms with Crippen LogP contribution in [0.25, 0.3) is 0 Å². The number of carbonyl (C=O) groups excluding carboxylic acids is 1. The van der Waals surface area contributed by atoms with Crippen LogP contribution in [0.5, 0.6) is 0 Å². The van der Waals surface area contributed by atoms with E-state index >= 15 is 0 Å². The van der Waals surface area contributed by atoms with E-state index in [-0.39, 0.29) is 12.1 Å². The number of rotatable bonds is 2. The highest BCUT2D eigenvalue weighted by molar-refractivity contribution is 5.89. The number of hydrogen-bond donors (Lipinski definition) is 2. The molecule has 1 aliphatic heterocycles. The highest BCUT2D eigenvalue weighted by Crippen LogP contribution is 2.19. The molecule has 0 bridgehead atoms. The molecule has 0 radical (unpaired) electrons. The minimum atomic E-state index is -0.0972. The van der Waals surface area contributed by atoms with E-state index in [1.54, 1.807) is 24.3 Å². The SMILES string of the molecule is CC(N)C1CCCN(C(=O)Nc2ccc(C#N)cc2)C1. The highest BCUT2D eigenvalue weighted by Gasteiger charge is 2.25. The van der Waals surface area contributed by atoms with Crippen molar-refractivity contribution in [3.8, 4) is 6.07 Å². The Hall–Kier alpha value is -2.06. The number of nitriles is 1. The molecule has 0 spiro atoms. The minimum Gasteiger partial charge on any atom is -0.328 e. The van der Waals surface area contributed by atoms with Crippen LogP contribution < -0.4 is 11.1 Å². The third kappa shape index (κ3) is 3.49. The van der Waals surface area contributed by atoms with Crippen LogP contribution in [0.3, 0.4) is 0 Å². The van der Waals surface area contributed by atoms with Gasteiger partial charge in [-0.1, -0.05) is 0 Å². The summed E-state index contributed by atoms with van der Waals surface area (Å²) in [4.78, 5) is 14.0. The molecular formula is C15H20N4O. The number of piperidine rings is 1. The molecule has 106 valence electrons. The molecule has 0 aliphatic carbocycles. The van der Waals surface area contributed by atoms with Crippen LogP contribution in [0.15, 0.2) is 24.3 Å². The molecule has 2 amide bonds. The monoisotopic (exact) mass is 272 g/mol. The first-order valence-corrected chi connectivity index (χ1v) is 6.92. The maximum Gasteiger partial charge on any atom is 0.321 e. The maximum absolute atomic E-state index is 12.2. The van der Waals surface area contributed by atoms with Gasteiger partial charge in [-0.25, -0.2) is 4.79 Å². The van der Waals surface area contributed by atoms with Crippen LogP contribution in [0.2, 0.25) is 0 Å². The van der Waals surface area contributed by atoms with E-state index in [0.717, 1.165) is 19.4 Å². The van der Waals surface area contributed by atoms with E-state index in [4.69, 9.17) is 11.0 Å². The summed E-state index contributed by atoms with van der Waals surface area (Å²) < 4.78 is 0. The maximum atomic E-state index is 12.2. The first-order valence-electron chi connectivity index (χ1n) is 6.92. The Balaban J connectivity index is 1.95. The average molecular weight is 272 g/mol. The van der Waals surface area contributed by atoms with Gasteiger partial charge in [0.15, 0.2) is 0 Å². The van der Waals surface area contributed by atoms with E-state index in [0.29, 0.717) is 23.7 Å². The lowest BCUT2D eigenvalue weighted by Crippen LogP contribution is -2.46. The summed E-state index contributed by atoms with van der Waals surface area (Å²) in [6, 6.07) is 8.93. The number of nitrogens with two attached hydrogens (primary N) is 1. The second-order valence-electron chi connectivity index (χ2n) is 5.33. The second kappa shape index (κ2) is 6.40. The molecule has 1 fully saturated rings. The van der Waals surface area contributed by atoms with Gasteiger partial charge in [-0.05, 0) is 49.9 Å². The summed E-state index contributed by atoms with van der Waals surface area (Å²) in [7, 11) is 0. The van der Waals surface area contributed by atoms with Crippen LogP contribution in [0.1, 0.15) is 25.3 Å². The van der Waals surface area contributed by atoms with Gasteiger partial charge in [-0.3, -0.25) is 0 Å². The van der Waals surface area contributed by atoms with Crippen molar-refractivity contribution in [3.63, 3.8) is 0 Å². The molecular weight excluding hydrogens is 252 g/mol. The molecule has 2 unspecified atom stereocenters. The summed E-state index contributed by atoms with van der Waals surface area (Å²) >= 11 is 0. The lowest BCUT2D eigenvalue weighted by molar-refractivity contribution is 0.169. The fraction of sp³-hybridized carbons (Fsp3) is 0.467. The van der Waals surface area contributed by atoms with Crippen LogP contribution >= 0.6 is 0 Å². The number of nitrogens with one attached hydrogen (secondary N) is 1. The first kappa shape index (κ1) is 14.4. The number of likely N-dealkylation sites (tertiary alicyclic amines) is 1. The molecule has 0 aromatic heterocycles. The molecule has 3 N–H and O–H groups in total. The summed E-state index contributed by atoms with van der Waals surface area (Å²) in [6.07, 6.45) is 2.07. The summed E-state index contributed by atoms with van der Waals surface area (Å²) in [5.41, 5.74) is 7.21. The Morgan fingerprint density at radius 1 is 1.50 bits per heavy atom. The normalized spacial score (nSPS) is 20.1. The van der Waals surface area contributed by atoms with Crippen molar-refractivity contribution in [3.05, 3.63) is 29.8 Å². The zero-order chi connectivity index (χ0) is 14.5. The van der Waals surface area contributed by atoms with Crippen molar-refractivity contribution in [1.82, 2.24) is 4.90 Å². The molecule has 5 nitrogen and oxygen atoms in total. The number of hydrogen-bond acceptors (Lipinski definition) is 3. The summed E-state index contributed by atoms with van der Waals surface area (Å²) in [5, 5.41) is 11.6. The molecule has 2 rings (SSSR count). The lowest BCUT2D eigenvalue weighted by atomic mass is 9.92. The van der Waals surface area contributed by atoms with Gasteiger partial charge in [0, 0.05) is 24.8 Å². The highest BCUT2D eigenvalue weighted by atomic mass is 16.2. The quantitative estimate of drug-likeness (QED) is 0.865. The number of carbonyl (C=O) groups is 1. The van der Waals surface area contributed by atoms with Crippen molar-refractivity contribution >= 4 is 11.7 Å². The molecule has 1 aromatic carbocycles. The largest absolute Gasteiger partial charge is 0.328 e. The van der Waals surface area contributed by atoms with Crippen LogP contribution in [-0.4, -0.2) is 30.1 Å². The van der Waals surface area contributed by atoms with Crippen LogP contribution in [0.4, 0.5) is 10.5 Å². The zero-order valence-electron chi connectivity index (χ0n) is 11.7. The first-order chi connectivity index (χ1) is 9.60. The Labute approximate surface area is 119 Å². The Bertz CT molecular complexity index is 504. The number of anilines is 1. The van der Waals surface area contributed by atoms with Gasteiger partial charge >= 0.3 is 6.03 Å². The van der Waals surface area contributed by atoms with Gasteiger partial charge < -0.3 is 16.0 Å². The molecule has 1 saturated heterocycles. The Morgan fingerprint density at radius 3 is 2.80 bits per heavy atom. The van der Waals surface area contributed by atoms with Crippen molar-refractivity contribution < 1.29 is 4.79 Å². The topological polar surface area (TPSA) is 82.2 Å². The molecule has 1 heterocycles. The fourth-order valence-electron chi connectivity index (χ4n) is 2.45. The third-order valence-electron chi connectivity index (χ3n) is 3.75. The van der Waals surface area contributed by atoms with E-state index in [9.17, 15) is 4.79 Å². The van der Waals surface area contributed by atoms with E-state index in [1.807, 2.05) is 11.8 Å². The molecule has 2 atom stereocenters. The van der Waals surface area contributed by atoms with Crippen molar-refractivity contribution in [2.75, 3.05) is 18.4 Å². The Kier molecular flexibility index (Phi) is 4.59. The second-order valence-corrected chi connectivity index (χ2v) is 5.33. The van der Waals surface area contributed by atoms with Gasteiger partial charge in [-0.15, -0.1) is 0 Å². The zero-order valence-corrected chi connectivity index (χ0v) is 11.7. The van der Waals surface area contributed by atoms with Gasteiger partial charge in [0.05, 0.1) is 11.6 Å². The summed E-state index contributed by atoms with van der Waals surface area (Å²) in [6.45, 7) is 3.47. The molecule has 0 saturated carbocycles. The van der Waals surface area contributed by atoms with Gasteiger partial charge in [0.25, 0.3) is 0 Å². The molecule has 1 aromatic rings. The number of benzene rings is 1. The van der Waals surface area contributed by atoms with E-state index in [1.165, 1.54) is 0 Å². The van der Waals surface area contributed by atoms with Gasteiger partial charge in [0.2, 0.25) is 0 Å². The van der Waals surface area contributed by atoms with E-state index < -0.39 is 0 Å². The smallest absolute Gasteiger partial charge is 0.321 e. The molecule has 1 aliphatic rings. The standard InChI is InChI=1S/C15H20N4O/c1-11(17)13-3-2-8-19(10-13)15(20)18-14-6-4-12(9-16)5-7-14/h4-7,11,13H,2-3,8,10,17H2,1H3,(H,18,20). The fourth-order valence-corrected chi connectivity index (χ4v) is 2.45. The third-order valence-corrected chi connectivity index (χ3v) is 3.75. The molecule has 5 heteroatoms. The van der Waals surface area contributed by atoms with E-state index in [2.05, 4.69) is 11.4 Å². The molecule has 20 heavy (non-hydrogen) atoms. The van der Waals surface area contributed by atoms with Crippen molar-refractivity contribution in [2.24, 2.45) is 11.7 Å². The minimum absolute atomic E-state index is 0.0972. The number of urea groups is 1. The van der Waals surface area contributed by atoms with Gasteiger partial charge in [-0.2, -0.15) is 5.26 Å². The van der Waals surface area contributed by atoms with Crippen molar-refractivity contribution in [2.45, 2.75) is 25.8 Å². The summed E-state index contributed by atoms with van der Waals surface area (Å²) in [5.74, 6) is 0.371. The van der Waals surface area contributed by atoms with Crippen LogP contribution in [0, 0.1) is 17.2 Å². The average Bonchev–Trinajstić information content (AvgIpc) is 2.48. The predicted molar refractivity (Wildman–Crippen MR) is 78.1 cm³/mol. The lowest BCUT2D eigenvalue weighted by Gasteiger charge is -2.34. The van der Waals surface area contributed by atoms with Gasteiger partial charge in [0.1, 0.15) is 0 Å². The predicted octanol–water partition coefficient (Wildman–Crippen LogP) is 2.15. The van der Waals surface area contributed by atoms with Crippen LogP contribution in [-0.2, 0) is 0 Å². The number of nitrogens with zero attached hydrogens (tertiary/aromatic N) is 2. The van der Waals surface area contributed by atoms with Crippen molar-refractivity contribution in [1.29, 1.82) is 5.26 Å². The Morgan fingerprint density at radius 2 is 2.20 bits per heavy atom.